The molecule has 0 aliphatic carbocycles. The lowest BCUT2D eigenvalue weighted by Crippen LogP contribution is -2.26. The van der Waals surface area contributed by atoms with Crippen LogP contribution in [0.25, 0.3) is 0 Å². The molecule has 0 spiro atoms. The van der Waals surface area contributed by atoms with Gasteiger partial charge in [-0.2, -0.15) is 0 Å². The Kier molecular flexibility index (Phi) is 6.81. The third-order valence-corrected chi connectivity index (χ3v) is 5.02. The second kappa shape index (κ2) is 9.72. The Morgan fingerprint density at radius 1 is 0.741 bits per heavy atom. The maximum absolute atomic E-state index is 12.4. The summed E-state index contributed by atoms with van der Waals surface area (Å²) in [6, 6.07) is 31.2. The van der Waals surface area contributed by atoms with Gasteiger partial charge in [0.2, 0.25) is 5.91 Å². The van der Waals surface area contributed by atoms with Crippen LogP contribution in [0.15, 0.2) is 91.0 Å². The molecule has 27 heavy (non-hydrogen) atoms. The van der Waals surface area contributed by atoms with Crippen LogP contribution in [0, 0.1) is 0 Å². The molecule has 0 radical (unpaired) electrons. The van der Waals surface area contributed by atoms with Crippen LogP contribution in [-0.4, -0.2) is 12.5 Å². The molecule has 0 unspecified atom stereocenters. The molecule has 2 heteroatoms. The van der Waals surface area contributed by atoms with E-state index >= 15 is 0 Å². The van der Waals surface area contributed by atoms with Crippen molar-refractivity contribution in [1.29, 1.82) is 0 Å². The summed E-state index contributed by atoms with van der Waals surface area (Å²) in [5.74, 6) is 0.635. The molecule has 0 saturated carbocycles. The Bertz CT molecular complexity index is 775. The highest BCUT2D eigenvalue weighted by Crippen LogP contribution is 2.27. The van der Waals surface area contributed by atoms with Crippen LogP contribution in [0.2, 0.25) is 0 Å². The van der Waals surface area contributed by atoms with Gasteiger partial charge < -0.3 is 5.32 Å². The van der Waals surface area contributed by atoms with Gasteiger partial charge in [-0.05, 0) is 29.0 Å². The maximum atomic E-state index is 12.4. The number of carbonyl (C=O) groups is 1. The second-order valence-electron chi connectivity index (χ2n) is 7.03. The van der Waals surface area contributed by atoms with Crippen molar-refractivity contribution in [2.24, 2.45) is 0 Å². The zero-order valence-corrected chi connectivity index (χ0v) is 15.8. The summed E-state index contributed by atoms with van der Waals surface area (Å²) in [6.07, 6.45) is 1.41. The van der Waals surface area contributed by atoms with E-state index in [0.29, 0.717) is 18.9 Å². The van der Waals surface area contributed by atoms with Crippen molar-refractivity contribution in [2.45, 2.75) is 31.6 Å². The summed E-state index contributed by atoms with van der Waals surface area (Å²) in [6.45, 7) is 2.78. The highest BCUT2D eigenvalue weighted by Gasteiger charge is 2.15. The van der Waals surface area contributed by atoms with Gasteiger partial charge >= 0.3 is 0 Å². The quantitative estimate of drug-likeness (QED) is 0.565. The number of hydrogen-bond acceptors (Lipinski definition) is 1. The molecule has 0 saturated heterocycles. The summed E-state index contributed by atoms with van der Waals surface area (Å²) < 4.78 is 0. The third kappa shape index (κ3) is 5.55. The molecule has 3 rings (SSSR count). The fraction of sp³-hybridized carbons (Fsp3) is 0.240. The smallest absolute Gasteiger partial charge is 0.220 e. The number of benzene rings is 3. The molecule has 1 amide bonds. The minimum atomic E-state index is 0.117. The first-order valence-electron chi connectivity index (χ1n) is 9.65. The number of amides is 1. The van der Waals surface area contributed by atoms with Gasteiger partial charge in [-0.15, -0.1) is 0 Å². The Morgan fingerprint density at radius 2 is 1.19 bits per heavy atom. The lowest BCUT2D eigenvalue weighted by atomic mass is 9.88. The summed E-state index contributed by atoms with van der Waals surface area (Å²) in [4.78, 5) is 12.4. The van der Waals surface area contributed by atoms with E-state index in [4.69, 9.17) is 0 Å². The van der Waals surface area contributed by atoms with E-state index in [9.17, 15) is 4.79 Å². The molecule has 0 aliphatic rings. The van der Waals surface area contributed by atoms with Gasteiger partial charge in [-0.1, -0.05) is 97.9 Å². The maximum Gasteiger partial charge on any atom is 0.220 e. The average molecular weight is 357 g/mol. The topological polar surface area (TPSA) is 29.1 Å². The molecule has 1 N–H and O–H groups in total. The van der Waals surface area contributed by atoms with E-state index in [1.54, 1.807) is 0 Å². The standard InChI is InChI=1S/C25H27NO/c1-20(21-11-5-2-6-12-21)19-25(27)26-18-17-24(22-13-7-3-8-14-22)23-15-9-4-10-16-23/h2-16,20,24H,17-19H2,1H3,(H,26,27)/t20-/m0/s1. The molecule has 0 fully saturated rings. The van der Waals surface area contributed by atoms with E-state index in [1.165, 1.54) is 16.7 Å². The van der Waals surface area contributed by atoms with Crippen LogP contribution in [0.4, 0.5) is 0 Å². The van der Waals surface area contributed by atoms with Crippen molar-refractivity contribution in [1.82, 2.24) is 5.32 Å². The van der Waals surface area contributed by atoms with E-state index in [-0.39, 0.29) is 11.8 Å². The molecule has 0 bridgehead atoms. The molecular formula is C25H27NO. The molecule has 138 valence electrons. The fourth-order valence-electron chi connectivity index (χ4n) is 3.50. The van der Waals surface area contributed by atoms with Crippen LogP contribution in [-0.2, 0) is 4.79 Å². The van der Waals surface area contributed by atoms with Gasteiger partial charge in [-0.25, -0.2) is 0 Å². The van der Waals surface area contributed by atoms with E-state index < -0.39 is 0 Å². The molecule has 0 aliphatic heterocycles. The van der Waals surface area contributed by atoms with Crippen molar-refractivity contribution < 1.29 is 4.79 Å². The van der Waals surface area contributed by atoms with Crippen molar-refractivity contribution in [3.63, 3.8) is 0 Å². The molecule has 0 aromatic heterocycles. The van der Waals surface area contributed by atoms with Crippen molar-refractivity contribution in [2.75, 3.05) is 6.54 Å². The van der Waals surface area contributed by atoms with E-state index in [0.717, 1.165) is 6.42 Å². The Balaban J connectivity index is 1.57. The van der Waals surface area contributed by atoms with Crippen LogP contribution in [0.5, 0.6) is 0 Å². The van der Waals surface area contributed by atoms with Gasteiger partial charge in [0.25, 0.3) is 0 Å². The molecule has 1 atom stereocenters. The largest absolute Gasteiger partial charge is 0.356 e. The Hall–Kier alpha value is -2.87. The first-order chi connectivity index (χ1) is 13.2. The highest BCUT2D eigenvalue weighted by molar-refractivity contribution is 5.76. The van der Waals surface area contributed by atoms with Crippen molar-refractivity contribution in [3.05, 3.63) is 108 Å². The zero-order chi connectivity index (χ0) is 18.9. The molecular weight excluding hydrogens is 330 g/mol. The van der Waals surface area contributed by atoms with Crippen LogP contribution >= 0.6 is 0 Å². The minimum Gasteiger partial charge on any atom is -0.356 e. The number of rotatable bonds is 8. The molecule has 3 aromatic carbocycles. The zero-order valence-electron chi connectivity index (χ0n) is 15.8. The van der Waals surface area contributed by atoms with Crippen LogP contribution < -0.4 is 5.32 Å². The van der Waals surface area contributed by atoms with Crippen LogP contribution in [0.3, 0.4) is 0 Å². The lowest BCUT2D eigenvalue weighted by molar-refractivity contribution is -0.121. The molecule has 3 aromatic rings. The third-order valence-electron chi connectivity index (χ3n) is 5.02. The summed E-state index contributed by atoms with van der Waals surface area (Å²) >= 11 is 0. The molecule has 2 nitrogen and oxygen atoms in total. The first-order valence-corrected chi connectivity index (χ1v) is 9.65. The predicted octanol–water partition coefficient (Wildman–Crippen LogP) is 5.52. The fourth-order valence-corrected chi connectivity index (χ4v) is 3.50. The van der Waals surface area contributed by atoms with Crippen molar-refractivity contribution >= 4 is 5.91 Å². The van der Waals surface area contributed by atoms with Gasteiger partial charge in [-0.3, -0.25) is 4.79 Å². The second-order valence-corrected chi connectivity index (χ2v) is 7.03. The normalized spacial score (nSPS) is 11.9. The number of nitrogens with one attached hydrogen (secondary N) is 1. The number of carbonyl (C=O) groups excluding carboxylic acids is 1. The summed E-state index contributed by atoms with van der Waals surface area (Å²) in [7, 11) is 0. The van der Waals surface area contributed by atoms with Gasteiger partial charge in [0.15, 0.2) is 0 Å². The van der Waals surface area contributed by atoms with E-state index in [2.05, 4.69) is 72.9 Å². The Labute approximate surface area is 162 Å². The molecule has 0 heterocycles. The van der Waals surface area contributed by atoms with Gasteiger partial charge in [0, 0.05) is 18.9 Å². The first kappa shape index (κ1) is 18.9. The van der Waals surface area contributed by atoms with Gasteiger partial charge in [0.05, 0.1) is 0 Å². The monoisotopic (exact) mass is 357 g/mol. The van der Waals surface area contributed by atoms with Crippen LogP contribution in [0.1, 0.15) is 48.3 Å². The van der Waals surface area contributed by atoms with E-state index in [1.807, 2.05) is 30.3 Å². The summed E-state index contributed by atoms with van der Waals surface area (Å²) in [5.41, 5.74) is 3.78. The predicted molar refractivity (Wildman–Crippen MR) is 112 cm³/mol. The summed E-state index contributed by atoms with van der Waals surface area (Å²) in [5, 5.41) is 3.11. The van der Waals surface area contributed by atoms with Crippen molar-refractivity contribution in [3.8, 4) is 0 Å². The minimum absolute atomic E-state index is 0.117. The lowest BCUT2D eigenvalue weighted by Gasteiger charge is -2.19. The highest BCUT2D eigenvalue weighted by atomic mass is 16.1. The average Bonchev–Trinajstić information content (AvgIpc) is 2.73. The SMILES string of the molecule is C[C@@H](CC(=O)NCCC(c1ccccc1)c1ccccc1)c1ccccc1. The number of hydrogen-bond donors (Lipinski definition) is 1. The van der Waals surface area contributed by atoms with Gasteiger partial charge in [0.1, 0.15) is 0 Å². The Morgan fingerprint density at radius 3 is 1.67 bits per heavy atom.